The van der Waals surface area contributed by atoms with Crippen LogP contribution < -0.4 is 5.32 Å². The van der Waals surface area contributed by atoms with Crippen molar-refractivity contribution in [1.82, 2.24) is 20.4 Å². The lowest BCUT2D eigenvalue weighted by Crippen LogP contribution is -2.33. The zero-order chi connectivity index (χ0) is 12.5. The van der Waals surface area contributed by atoms with E-state index < -0.39 is 0 Å². The first-order valence-electron chi connectivity index (χ1n) is 6.58. The number of thioether (sulfide) groups is 1. The summed E-state index contributed by atoms with van der Waals surface area (Å²) in [5.74, 6) is 4.89. The summed E-state index contributed by atoms with van der Waals surface area (Å²) in [4.78, 5) is 6.96. The van der Waals surface area contributed by atoms with Gasteiger partial charge in [-0.05, 0) is 19.5 Å². The van der Waals surface area contributed by atoms with Crippen LogP contribution in [0.2, 0.25) is 0 Å². The number of nitrogens with one attached hydrogen (secondary N) is 1. The first-order valence-corrected chi connectivity index (χ1v) is 7.73. The van der Waals surface area contributed by atoms with Gasteiger partial charge in [-0.1, -0.05) is 12.1 Å². The highest BCUT2D eigenvalue weighted by Gasteiger charge is 2.32. The van der Waals surface area contributed by atoms with Gasteiger partial charge in [-0.15, -0.1) is 0 Å². The summed E-state index contributed by atoms with van der Waals surface area (Å²) in [6.07, 6.45) is 0. The maximum Gasteiger partial charge on any atom is 0.231 e. The maximum absolute atomic E-state index is 5.48. The highest BCUT2D eigenvalue weighted by Crippen LogP contribution is 2.30. The molecule has 0 saturated carbocycles. The Kier molecular flexibility index (Phi) is 3.59. The topological polar surface area (TPSA) is 54.2 Å². The number of aromatic nitrogens is 2. The van der Waals surface area contributed by atoms with Crippen LogP contribution in [0.4, 0.5) is 0 Å². The van der Waals surface area contributed by atoms with Crippen LogP contribution in [0.1, 0.15) is 30.6 Å². The van der Waals surface area contributed by atoms with Crippen molar-refractivity contribution in [2.24, 2.45) is 5.92 Å². The smallest absolute Gasteiger partial charge is 0.231 e. The Morgan fingerprint density at radius 3 is 3.06 bits per heavy atom. The van der Waals surface area contributed by atoms with Crippen molar-refractivity contribution in [1.29, 1.82) is 0 Å². The van der Waals surface area contributed by atoms with E-state index in [9.17, 15) is 0 Å². The third-order valence-electron chi connectivity index (χ3n) is 3.99. The molecule has 2 fully saturated rings. The van der Waals surface area contributed by atoms with Crippen LogP contribution >= 0.6 is 11.8 Å². The number of nitrogens with zero attached hydrogens (tertiary/aromatic N) is 3. The van der Waals surface area contributed by atoms with Gasteiger partial charge in [0.1, 0.15) is 0 Å². The van der Waals surface area contributed by atoms with Gasteiger partial charge in [-0.25, -0.2) is 0 Å². The van der Waals surface area contributed by atoms with Crippen molar-refractivity contribution in [2.75, 3.05) is 38.2 Å². The van der Waals surface area contributed by atoms with E-state index in [2.05, 4.69) is 34.3 Å². The normalized spacial score (nSPS) is 34.0. The molecule has 6 heteroatoms. The molecule has 5 nitrogen and oxygen atoms in total. The molecule has 0 aromatic carbocycles. The van der Waals surface area contributed by atoms with E-state index in [0.29, 0.717) is 17.9 Å². The first kappa shape index (κ1) is 12.4. The molecule has 0 amide bonds. The van der Waals surface area contributed by atoms with Crippen LogP contribution in [0.3, 0.4) is 0 Å². The highest BCUT2D eigenvalue weighted by molar-refractivity contribution is 7.99. The SMILES string of the molecule is CC1CNCC1c1nc(C2CSCCN2C)no1. The van der Waals surface area contributed by atoms with Gasteiger partial charge < -0.3 is 9.84 Å². The summed E-state index contributed by atoms with van der Waals surface area (Å²) in [6, 6.07) is 0.311. The molecular formula is C12H20N4OS. The molecule has 3 heterocycles. The summed E-state index contributed by atoms with van der Waals surface area (Å²) in [6.45, 7) is 5.33. The van der Waals surface area contributed by atoms with E-state index in [1.54, 1.807) is 0 Å². The van der Waals surface area contributed by atoms with Gasteiger partial charge in [0.2, 0.25) is 5.89 Å². The summed E-state index contributed by atoms with van der Waals surface area (Å²) in [7, 11) is 2.14. The molecule has 1 N–H and O–H groups in total. The highest BCUT2D eigenvalue weighted by atomic mass is 32.2. The molecular weight excluding hydrogens is 248 g/mol. The molecule has 18 heavy (non-hydrogen) atoms. The fourth-order valence-electron chi connectivity index (χ4n) is 2.63. The number of rotatable bonds is 2. The first-order chi connectivity index (χ1) is 8.75. The Bertz CT molecular complexity index is 411. The zero-order valence-corrected chi connectivity index (χ0v) is 11.7. The molecule has 0 aliphatic carbocycles. The van der Waals surface area contributed by atoms with Gasteiger partial charge in [0.05, 0.1) is 12.0 Å². The molecule has 2 aliphatic heterocycles. The predicted octanol–water partition coefficient (Wildman–Crippen LogP) is 1.11. The van der Waals surface area contributed by atoms with Gasteiger partial charge >= 0.3 is 0 Å². The summed E-state index contributed by atoms with van der Waals surface area (Å²) < 4.78 is 5.48. The quantitative estimate of drug-likeness (QED) is 0.867. The average Bonchev–Trinajstić information content (AvgIpc) is 2.98. The number of hydrogen-bond donors (Lipinski definition) is 1. The Morgan fingerprint density at radius 1 is 1.44 bits per heavy atom. The van der Waals surface area contributed by atoms with Crippen LogP contribution in [-0.2, 0) is 0 Å². The van der Waals surface area contributed by atoms with Crippen LogP contribution in [0.5, 0.6) is 0 Å². The average molecular weight is 268 g/mol. The van der Waals surface area contributed by atoms with Crippen molar-refractivity contribution in [3.05, 3.63) is 11.7 Å². The molecule has 0 spiro atoms. The third kappa shape index (κ3) is 2.29. The summed E-state index contributed by atoms with van der Waals surface area (Å²) in [5.41, 5.74) is 0. The lowest BCUT2D eigenvalue weighted by Gasteiger charge is -2.29. The monoisotopic (exact) mass is 268 g/mol. The Labute approximate surface area is 112 Å². The van der Waals surface area contributed by atoms with E-state index in [1.165, 1.54) is 5.75 Å². The minimum atomic E-state index is 0.311. The lowest BCUT2D eigenvalue weighted by atomic mass is 9.98. The molecule has 3 unspecified atom stereocenters. The van der Waals surface area contributed by atoms with E-state index >= 15 is 0 Å². The van der Waals surface area contributed by atoms with Crippen molar-refractivity contribution in [2.45, 2.75) is 18.9 Å². The van der Waals surface area contributed by atoms with Crippen molar-refractivity contribution in [3.8, 4) is 0 Å². The molecule has 1 aromatic rings. The second kappa shape index (κ2) is 5.19. The van der Waals surface area contributed by atoms with Crippen molar-refractivity contribution < 1.29 is 4.52 Å². The van der Waals surface area contributed by atoms with E-state index in [0.717, 1.165) is 37.1 Å². The predicted molar refractivity (Wildman–Crippen MR) is 71.8 cm³/mol. The van der Waals surface area contributed by atoms with E-state index in [1.807, 2.05) is 11.8 Å². The Morgan fingerprint density at radius 2 is 2.33 bits per heavy atom. The second-order valence-corrected chi connectivity index (χ2v) is 6.45. The van der Waals surface area contributed by atoms with E-state index in [-0.39, 0.29) is 0 Å². The van der Waals surface area contributed by atoms with Gasteiger partial charge in [-0.2, -0.15) is 16.7 Å². The molecule has 3 atom stereocenters. The molecule has 1 aromatic heterocycles. The standard InChI is InChI=1S/C12H20N4OS/c1-8-5-13-6-9(8)12-14-11(15-17-12)10-7-18-4-3-16(10)2/h8-10,13H,3-7H2,1-2H3. The Hall–Kier alpha value is -0.590. The number of hydrogen-bond acceptors (Lipinski definition) is 6. The van der Waals surface area contributed by atoms with Crippen molar-refractivity contribution in [3.63, 3.8) is 0 Å². The van der Waals surface area contributed by atoms with Crippen molar-refractivity contribution >= 4 is 11.8 Å². The van der Waals surface area contributed by atoms with Gasteiger partial charge in [-0.3, -0.25) is 4.90 Å². The van der Waals surface area contributed by atoms with Crippen LogP contribution in [-0.4, -0.2) is 53.2 Å². The zero-order valence-electron chi connectivity index (χ0n) is 10.9. The fraction of sp³-hybridized carbons (Fsp3) is 0.833. The Balaban J connectivity index is 1.76. The summed E-state index contributed by atoms with van der Waals surface area (Å²) >= 11 is 1.97. The molecule has 0 radical (unpaired) electrons. The maximum atomic E-state index is 5.48. The third-order valence-corrected chi connectivity index (χ3v) is 5.01. The van der Waals surface area contributed by atoms with Gasteiger partial charge in [0.15, 0.2) is 5.82 Å². The molecule has 2 aliphatic rings. The largest absolute Gasteiger partial charge is 0.339 e. The molecule has 0 bridgehead atoms. The summed E-state index contributed by atoms with van der Waals surface area (Å²) in [5, 5.41) is 7.58. The second-order valence-electron chi connectivity index (χ2n) is 5.30. The van der Waals surface area contributed by atoms with Crippen LogP contribution in [0.15, 0.2) is 4.52 Å². The van der Waals surface area contributed by atoms with Crippen LogP contribution in [0, 0.1) is 5.92 Å². The van der Waals surface area contributed by atoms with Gasteiger partial charge in [0, 0.05) is 24.6 Å². The minimum Gasteiger partial charge on any atom is -0.339 e. The molecule has 100 valence electrons. The van der Waals surface area contributed by atoms with E-state index in [4.69, 9.17) is 4.52 Å². The molecule has 2 saturated heterocycles. The fourth-order valence-corrected chi connectivity index (χ4v) is 3.84. The lowest BCUT2D eigenvalue weighted by molar-refractivity contribution is 0.255. The minimum absolute atomic E-state index is 0.311. The van der Waals surface area contributed by atoms with Gasteiger partial charge in [0.25, 0.3) is 0 Å². The molecule has 3 rings (SSSR count). The van der Waals surface area contributed by atoms with Crippen LogP contribution in [0.25, 0.3) is 0 Å².